The zero-order chi connectivity index (χ0) is 15.9. The normalized spacial score (nSPS) is 10.1. The molecule has 0 saturated heterocycles. The molecule has 0 saturated carbocycles. The first-order valence-corrected chi connectivity index (χ1v) is 7.38. The van der Waals surface area contributed by atoms with E-state index >= 15 is 0 Å². The summed E-state index contributed by atoms with van der Waals surface area (Å²) in [6.07, 6.45) is 0. The molecule has 0 spiro atoms. The molecule has 0 fully saturated rings. The second kappa shape index (κ2) is 7.71. The van der Waals surface area contributed by atoms with E-state index in [1.54, 1.807) is 36.4 Å². The van der Waals surface area contributed by atoms with Crippen LogP contribution in [0.4, 0.5) is 5.69 Å². The van der Waals surface area contributed by atoms with E-state index in [-0.39, 0.29) is 12.5 Å². The largest absolute Gasteiger partial charge is 0.494 e. The number of carbonyl (C=O) groups is 1. The number of anilines is 1. The summed E-state index contributed by atoms with van der Waals surface area (Å²) in [5.74, 6) is 1.15. The molecule has 1 N–H and O–H groups in total. The van der Waals surface area contributed by atoms with E-state index in [0.717, 1.165) is 11.3 Å². The van der Waals surface area contributed by atoms with Crippen molar-refractivity contribution in [2.45, 2.75) is 13.8 Å². The van der Waals surface area contributed by atoms with Crippen molar-refractivity contribution < 1.29 is 14.3 Å². The van der Waals surface area contributed by atoms with Gasteiger partial charge in [-0.05, 0) is 55.8 Å². The summed E-state index contributed by atoms with van der Waals surface area (Å²) < 4.78 is 10.8. The van der Waals surface area contributed by atoms with Crippen LogP contribution >= 0.6 is 11.6 Å². The Kier molecular flexibility index (Phi) is 5.67. The van der Waals surface area contributed by atoms with Gasteiger partial charge in [0.1, 0.15) is 11.5 Å². The highest BCUT2D eigenvalue weighted by Gasteiger charge is 2.06. The van der Waals surface area contributed by atoms with E-state index in [2.05, 4.69) is 5.32 Å². The van der Waals surface area contributed by atoms with Crippen molar-refractivity contribution in [1.29, 1.82) is 0 Å². The van der Waals surface area contributed by atoms with E-state index < -0.39 is 0 Å². The van der Waals surface area contributed by atoms with Crippen LogP contribution in [0.2, 0.25) is 5.02 Å². The van der Waals surface area contributed by atoms with Gasteiger partial charge in [-0.1, -0.05) is 17.7 Å². The second-order valence-electron chi connectivity index (χ2n) is 4.70. The summed E-state index contributed by atoms with van der Waals surface area (Å²) in [5, 5.41) is 3.36. The SMILES string of the molecule is CCOc1ccc(OCC(=O)Nc2cc(Cl)ccc2C)cc1. The fraction of sp³-hybridized carbons (Fsp3) is 0.235. The highest BCUT2D eigenvalue weighted by atomic mass is 35.5. The number of benzene rings is 2. The fourth-order valence-electron chi connectivity index (χ4n) is 1.86. The van der Waals surface area contributed by atoms with Gasteiger partial charge in [0.05, 0.1) is 6.61 Å². The maximum Gasteiger partial charge on any atom is 0.262 e. The molecule has 1 amide bonds. The fourth-order valence-corrected chi connectivity index (χ4v) is 2.03. The number of hydrogen-bond donors (Lipinski definition) is 1. The Balaban J connectivity index is 1.88. The first-order chi connectivity index (χ1) is 10.6. The Hall–Kier alpha value is -2.20. The lowest BCUT2D eigenvalue weighted by Gasteiger charge is -2.10. The van der Waals surface area contributed by atoms with Gasteiger partial charge in [0.2, 0.25) is 0 Å². The molecule has 0 unspecified atom stereocenters. The Morgan fingerprint density at radius 2 is 1.73 bits per heavy atom. The number of hydrogen-bond acceptors (Lipinski definition) is 3. The number of halogens is 1. The highest BCUT2D eigenvalue weighted by Crippen LogP contribution is 2.20. The number of rotatable bonds is 6. The first kappa shape index (κ1) is 16.2. The Morgan fingerprint density at radius 3 is 2.36 bits per heavy atom. The van der Waals surface area contributed by atoms with Crippen LogP contribution < -0.4 is 14.8 Å². The number of ether oxygens (including phenoxy) is 2. The van der Waals surface area contributed by atoms with Crippen molar-refractivity contribution >= 4 is 23.2 Å². The molecule has 4 nitrogen and oxygen atoms in total. The number of carbonyl (C=O) groups excluding carboxylic acids is 1. The molecule has 116 valence electrons. The number of nitrogens with one attached hydrogen (secondary N) is 1. The summed E-state index contributed by atoms with van der Waals surface area (Å²) in [4.78, 5) is 11.9. The lowest BCUT2D eigenvalue weighted by Crippen LogP contribution is -2.20. The van der Waals surface area contributed by atoms with Gasteiger partial charge < -0.3 is 14.8 Å². The lowest BCUT2D eigenvalue weighted by atomic mass is 10.2. The van der Waals surface area contributed by atoms with Gasteiger partial charge in [-0.2, -0.15) is 0 Å². The third-order valence-electron chi connectivity index (χ3n) is 2.98. The summed E-state index contributed by atoms with van der Waals surface area (Å²) >= 11 is 5.92. The van der Waals surface area contributed by atoms with Crippen molar-refractivity contribution in [3.63, 3.8) is 0 Å². The molecule has 2 rings (SSSR count). The van der Waals surface area contributed by atoms with Crippen LogP contribution in [0.25, 0.3) is 0 Å². The maximum absolute atomic E-state index is 11.9. The Labute approximate surface area is 135 Å². The van der Waals surface area contributed by atoms with Crippen LogP contribution in [0.1, 0.15) is 12.5 Å². The smallest absolute Gasteiger partial charge is 0.262 e. The standard InChI is InChI=1S/C17H18ClNO3/c1-3-21-14-6-8-15(9-7-14)22-11-17(20)19-16-10-13(18)5-4-12(16)2/h4-10H,3,11H2,1-2H3,(H,19,20). The summed E-state index contributed by atoms with van der Waals surface area (Å²) in [6.45, 7) is 4.37. The second-order valence-corrected chi connectivity index (χ2v) is 5.14. The lowest BCUT2D eigenvalue weighted by molar-refractivity contribution is -0.118. The molecule has 0 bridgehead atoms. The van der Waals surface area contributed by atoms with Crippen LogP contribution in [0, 0.1) is 6.92 Å². The molecule has 0 heterocycles. The molecule has 0 atom stereocenters. The molecule has 0 aliphatic carbocycles. The van der Waals surface area contributed by atoms with Gasteiger partial charge in [-0.3, -0.25) is 4.79 Å². The van der Waals surface area contributed by atoms with Crippen molar-refractivity contribution in [2.75, 3.05) is 18.5 Å². The Morgan fingerprint density at radius 1 is 1.09 bits per heavy atom. The molecule has 0 aliphatic heterocycles. The van der Waals surface area contributed by atoms with Crippen molar-refractivity contribution in [2.24, 2.45) is 0 Å². The van der Waals surface area contributed by atoms with Crippen molar-refractivity contribution in [3.05, 3.63) is 53.1 Å². The quantitative estimate of drug-likeness (QED) is 0.873. The molecule has 2 aromatic carbocycles. The average molecular weight is 320 g/mol. The van der Waals surface area contributed by atoms with E-state index in [4.69, 9.17) is 21.1 Å². The minimum atomic E-state index is -0.237. The van der Waals surface area contributed by atoms with Crippen LogP contribution in [-0.4, -0.2) is 19.1 Å². The summed E-state index contributed by atoms with van der Waals surface area (Å²) in [7, 11) is 0. The zero-order valence-corrected chi connectivity index (χ0v) is 13.3. The maximum atomic E-state index is 11.9. The zero-order valence-electron chi connectivity index (χ0n) is 12.6. The highest BCUT2D eigenvalue weighted by molar-refractivity contribution is 6.31. The molecule has 0 radical (unpaired) electrons. The van der Waals surface area contributed by atoms with Crippen molar-refractivity contribution in [1.82, 2.24) is 0 Å². The molecular formula is C17H18ClNO3. The summed E-state index contributed by atoms with van der Waals surface area (Å²) in [5.41, 5.74) is 1.63. The monoisotopic (exact) mass is 319 g/mol. The van der Waals surface area contributed by atoms with Gasteiger partial charge in [-0.15, -0.1) is 0 Å². The van der Waals surface area contributed by atoms with Crippen LogP contribution in [0.3, 0.4) is 0 Å². The topological polar surface area (TPSA) is 47.6 Å². The van der Waals surface area contributed by atoms with Gasteiger partial charge in [-0.25, -0.2) is 0 Å². The predicted molar refractivity (Wildman–Crippen MR) is 87.9 cm³/mol. The van der Waals surface area contributed by atoms with Crippen molar-refractivity contribution in [3.8, 4) is 11.5 Å². The molecule has 2 aromatic rings. The minimum absolute atomic E-state index is 0.0695. The van der Waals surface area contributed by atoms with Crippen LogP contribution in [0.15, 0.2) is 42.5 Å². The van der Waals surface area contributed by atoms with Gasteiger partial charge in [0.25, 0.3) is 5.91 Å². The predicted octanol–water partition coefficient (Wildman–Crippen LogP) is 4.06. The van der Waals surface area contributed by atoms with Gasteiger partial charge in [0.15, 0.2) is 6.61 Å². The molecular weight excluding hydrogens is 302 g/mol. The number of aryl methyl sites for hydroxylation is 1. The third-order valence-corrected chi connectivity index (χ3v) is 3.21. The Bertz CT molecular complexity index is 641. The minimum Gasteiger partial charge on any atom is -0.494 e. The molecule has 0 aliphatic rings. The number of amides is 1. The first-order valence-electron chi connectivity index (χ1n) is 7.00. The van der Waals surface area contributed by atoms with E-state index in [0.29, 0.717) is 23.1 Å². The van der Waals surface area contributed by atoms with Crippen LogP contribution in [0.5, 0.6) is 11.5 Å². The van der Waals surface area contributed by atoms with Gasteiger partial charge in [0, 0.05) is 10.7 Å². The average Bonchev–Trinajstić information content (AvgIpc) is 2.51. The van der Waals surface area contributed by atoms with E-state index in [1.807, 2.05) is 19.9 Å². The van der Waals surface area contributed by atoms with E-state index in [9.17, 15) is 4.79 Å². The van der Waals surface area contributed by atoms with Crippen LogP contribution in [-0.2, 0) is 4.79 Å². The van der Waals surface area contributed by atoms with Gasteiger partial charge >= 0.3 is 0 Å². The van der Waals surface area contributed by atoms with E-state index in [1.165, 1.54) is 0 Å². The molecule has 0 aromatic heterocycles. The third kappa shape index (κ3) is 4.67. The molecule has 22 heavy (non-hydrogen) atoms. The molecule has 5 heteroatoms. The summed E-state index contributed by atoms with van der Waals surface area (Å²) in [6, 6.07) is 12.5.